The van der Waals surface area contributed by atoms with Gasteiger partial charge in [-0.1, -0.05) is 0 Å². The molecule has 0 amide bonds. The summed E-state index contributed by atoms with van der Waals surface area (Å²) < 4.78 is 0. The van der Waals surface area contributed by atoms with Crippen molar-refractivity contribution < 1.29 is 9.90 Å². The summed E-state index contributed by atoms with van der Waals surface area (Å²) in [5.74, 6) is -0.903. The number of nitrogens with zero attached hydrogens (tertiary/aromatic N) is 1. The molecule has 1 unspecified atom stereocenters. The van der Waals surface area contributed by atoms with Crippen LogP contribution < -0.4 is 11.2 Å². The predicted octanol–water partition coefficient (Wildman–Crippen LogP) is 0.665. The van der Waals surface area contributed by atoms with E-state index < -0.39 is 12.0 Å². The van der Waals surface area contributed by atoms with Gasteiger partial charge in [0.1, 0.15) is 0 Å². The van der Waals surface area contributed by atoms with Crippen molar-refractivity contribution in [2.45, 2.75) is 25.3 Å². The zero-order valence-corrected chi connectivity index (χ0v) is 8.85. The fraction of sp³-hybridized carbons (Fsp3) is 0.833. The molecule has 0 saturated carbocycles. The van der Waals surface area contributed by atoms with Crippen LogP contribution in [0.2, 0.25) is 0 Å². The molecule has 0 saturated heterocycles. The molecule has 5 nitrogen and oxygen atoms in total. The summed E-state index contributed by atoms with van der Waals surface area (Å²) in [6.45, 7) is 0.586. The second-order valence-electron chi connectivity index (χ2n) is 2.49. The Bertz CT molecular complexity index is 208. The molecule has 0 rings (SSSR count). The van der Waals surface area contributed by atoms with Gasteiger partial charge < -0.3 is 0 Å². The molecule has 0 heterocycles. The van der Waals surface area contributed by atoms with E-state index >= 15 is 0 Å². The van der Waals surface area contributed by atoms with Gasteiger partial charge in [-0.15, -0.1) is 0 Å². The Balaban J connectivity index is 3.80. The number of rotatable bonds is 7. The van der Waals surface area contributed by atoms with E-state index in [-0.39, 0.29) is 0 Å². The van der Waals surface area contributed by atoms with Gasteiger partial charge in [-0.3, -0.25) is 0 Å². The molecule has 0 radical (unpaired) electrons. The Kier molecular flexibility index (Phi) is 8.33. The zero-order chi connectivity index (χ0) is 10.1. The molecule has 0 fully saturated rings. The van der Waals surface area contributed by atoms with Gasteiger partial charge in [-0.25, -0.2) is 0 Å². The molecule has 0 bridgehead atoms. The van der Waals surface area contributed by atoms with E-state index in [2.05, 4.69) is 22.1 Å². The average Bonchev–Trinajstić information content (AvgIpc) is 2.10. The molecule has 4 N–H and O–H groups in total. The number of carboxylic acids is 1. The molecule has 0 aliphatic heterocycles. The molecule has 1 atom stereocenters. The first-order valence-electron chi connectivity index (χ1n) is 3.93. The van der Waals surface area contributed by atoms with Crippen molar-refractivity contribution >= 4 is 24.9 Å². The second-order valence-corrected chi connectivity index (χ2v) is 3.34. The number of aliphatic carboxylic acids is 1. The van der Waals surface area contributed by atoms with Gasteiger partial charge in [-0.2, -0.15) is 0 Å². The van der Waals surface area contributed by atoms with E-state index in [1.165, 1.54) is 0 Å². The molecule has 0 spiro atoms. The Morgan fingerprint density at radius 2 is 2.38 bits per heavy atom. The maximum atomic E-state index is 10.6. The Morgan fingerprint density at radius 3 is 2.85 bits per heavy atom. The third-order valence-electron chi connectivity index (χ3n) is 1.50. The van der Waals surface area contributed by atoms with Crippen LogP contribution >= 0.6 is 7.15 Å². The molecule has 0 aromatic carbocycles. The van der Waals surface area contributed by atoms with Crippen LogP contribution in [-0.4, -0.2) is 23.7 Å². The Hall–Kier alpha value is -0.160. The predicted molar refractivity (Wildman–Crippen MR) is 54.2 cm³/mol. The molecule has 0 aromatic heterocycles. The number of hydrogen-bond donors (Lipinski definition) is 3. The SMILES string of the molecule is NCCCCC(NN=[P+]=S)C(=O)O. The first kappa shape index (κ1) is 12.8. The minimum absolute atomic E-state index is 0.377. The van der Waals surface area contributed by atoms with Crippen molar-refractivity contribution in [2.75, 3.05) is 6.54 Å². The summed E-state index contributed by atoms with van der Waals surface area (Å²) in [7, 11) is 0.377. The molecule has 13 heavy (non-hydrogen) atoms. The third-order valence-corrected chi connectivity index (χ3v) is 1.94. The number of nitrogens with one attached hydrogen (secondary N) is 1. The third kappa shape index (κ3) is 6.95. The average molecular weight is 222 g/mol. The molecule has 7 heteroatoms. The van der Waals surface area contributed by atoms with Gasteiger partial charge in [0.05, 0.1) is 0 Å². The quantitative estimate of drug-likeness (QED) is 0.334. The van der Waals surface area contributed by atoms with Crippen LogP contribution in [0.25, 0.3) is 0 Å². The number of carbonyl (C=O) groups is 1. The summed E-state index contributed by atoms with van der Waals surface area (Å²) in [6, 6.07) is -0.637. The van der Waals surface area contributed by atoms with E-state index in [4.69, 9.17) is 10.8 Å². The minimum atomic E-state index is -0.903. The van der Waals surface area contributed by atoms with Gasteiger partial charge in [0.2, 0.25) is 0 Å². The van der Waals surface area contributed by atoms with E-state index in [1.54, 1.807) is 0 Å². The number of carboxylic acid groups (broad SMARTS) is 1. The van der Waals surface area contributed by atoms with E-state index in [1.807, 2.05) is 0 Å². The molecule has 74 valence electrons. The van der Waals surface area contributed by atoms with E-state index in [0.717, 1.165) is 12.8 Å². The molecule has 0 aliphatic carbocycles. The Labute approximate surface area is 83.2 Å². The maximum absolute atomic E-state index is 10.6. The van der Waals surface area contributed by atoms with Crippen molar-refractivity contribution in [2.24, 2.45) is 10.6 Å². The number of nitrogens with two attached hydrogens (primary N) is 1. The van der Waals surface area contributed by atoms with Crippen LogP contribution in [-0.2, 0) is 16.6 Å². The molecule has 0 aliphatic rings. The standard InChI is InChI=1S/C6H12N3O2PS/c7-4-2-1-3-5(6(10)11)8-9-12-13/h5,8H,1-4,7H2/p+1. The molecule has 0 aromatic rings. The number of unbranched alkanes of at least 4 members (excludes halogenated alkanes) is 1. The van der Waals surface area contributed by atoms with Crippen LogP contribution in [0.15, 0.2) is 4.85 Å². The Morgan fingerprint density at radius 1 is 1.69 bits per heavy atom. The first-order chi connectivity index (χ1) is 6.22. The van der Waals surface area contributed by atoms with Crippen molar-refractivity contribution in [3.05, 3.63) is 0 Å². The monoisotopic (exact) mass is 222 g/mol. The zero-order valence-electron chi connectivity index (χ0n) is 7.14. The van der Waals surface area contributed by atoms with Crippen LogP contribution in [0.4, 0.5) is 0 Å². The van der Waals surface area contributed by atoms with E-state index in [9.17, 15) is 4.79 Å². The van der Waals surface area contributed by atoms with Gasteiger partial charge in [0.15, 0.2) is 0 Å². The van der Waals surface area contributed by atoms with Crippen LogP contribution in [0.3, 0.4) is 0 Å². The van der Waals surface area contributed by atoms with Crippen LogP contribution in [0.5, 0.6) is 0 Å². The first-order valence-corrected chi connectivity index (χ1v) is 5.79. The fourth-order valence-corrected chi connectivity index (χ4v) is 1.16. The second kappa shape index (κ2) is 8.44. The van der Waals surface area contributed by atoms with Crippen LogP contribution in [0.1, 0.15) is 19.3 Å². The normalized spacial score (nSPS) is 12.1. The van der Waals surface area contributed by atoms with Gasteiger partial charge in [0, 0.05) is 0 Å². The van der Waals surface area contributed by atoms with Crippen molar-refractivity contribution in [1.82, 2.24) is 5.43 Å². The summed E-state index contributed by atoms with van der Waals surface area (Å²) in [4.78, 5) is 14.2. The van der Waals surface area contributed by atoms with E-state index in [0.29, 0.717) is 20.1 Å². The summed E-state index contributed by atoms with van der Waals surface area (Å²) in [5, 5.41) is 8.71. The molecular formula is C6H13N3O2PS+. The summed E-state index contributed by atoms with van der Waals surface area (Å²) in [5.41, 5.74) is 7.78. The number of hydrogen-bond acceptors (Lipinski definition) is 4. The van der Waals surface area contributed by atoms with Crippen molar-refractivity contribution in [3.63, 3.8) is 0 Å². The van der Waals surface area contributed by atoms with Crippen LogP contribution in [0, 0.1) is 0 Å². The van der Waals surface area contributed by atoms with Gasteiger partial charge in [0.25, 0.3) is 0 Å². The summed E-state index contributed by atoms with van der Waals surface area (Å²) >= 11 is 4.52. The van der Waals surface area contributed by atoms with Crippen molar-refractivity contribution in [1.29, 1.82) is 0 Å². The topological polar surface area (TPSA) is 87.7 Å². The fourth-order valence-electron chi connectivity index (χ4n) is 0.829. The van der Waals surface area contributed by atoms with Crippen molar-refractivity contribution in [3.8, 4) is 0 Å². The summed E-state index contributed by atoms with van der Waals surface area (Å²) in [6.07, 6.45) is 2.14. The van der Waals surface area contributed by atoms with Gasteiger partial charge in [-0.05, 0) is 0 Å². The van der Waals surface area contributed by atoms with Gasteiger partial charge >= 0.3 is 82.7 Å². The molecular weight excluding hydrogens is 209 g/mol.